The maximum absolute atomic E-state index is 13.8. The first-order valence-corrected chi connectivity index (χ1v) is 29.5. The molecule has 0 aromatic heterocycles. The molecule has 6 aromatic carbocycles. The summed E-state index contributed by atoms with van der Waals surface area (Å²) in [4.78, 5) is 113. The second kappa shape index (κ2) is 34.5. The number of rotatable bonds is 31. The van der Waals surface area contributed by atoms with Gasteiger partial charge in [-0.2, -0.15) is 0 Å². The lowest BCUT2D eigenvalue weighted by Gasteiger charge is -2.46. The fraction of sp³-hybridized carbons (Fsp3) is 0.338. The Morgan fingerprint density at radius 2 is 0.707 bits per heavy atom. The number of hydrogen-bond acceptors (Lipinski definition) is 21. The van der Waals surface area contributed by atoms with Gasteiger partial charge < -0.3 is 72.8 Å². The minimum atomic E-state index is -1.25. The van der Waals surface area contributed by atoms with Crippen LogP contribution < -0.4 is 44.4 Å². The van der Waals surface area contributed by atoms with Crippen LogP contribution in [-0.4, -0.2) is 137 Å². The number of esters is 6. The minimum absolute atomic E-state index is 0.00963. The van der Waals surface area contributed by atoms with Crippen LogP contribution in [0.2, 0.25) is 0 Å². The van der Waals surface area contributed by atoms with Crippen LogP contribution in [0.15, 0.2) is 146 Å². The van der Waals surface area contributed by atoms with Crippen molar-refractivity contribution in [1.29, 1.82) is 0 Å². The average Bonchev–Trinajstić information content (AvgIpc) is 0.799. The molecule has 0 radical (unpaired) electrons. The normalized spacial score (nSPS) is 16.0. The van der Waals surface area contributed by atoms with Gasteiger partial charge in [0.2, 0.25) is 0 Å². The van der Waals surface area contributed by atoms with E-state index in [4.69, 9.17) is 56.8 Å². The lowest BCUT2D eigenvalue weighted by molar-refractivity contribution is -0.320. The Morgan fingerprint density at radius 1 is 0.391 bits per heavy atom. The van der Waals surface area contributed by atoms with Crippen molar-refractivity contribution in [2.75, 3.05) is 53.2 Å². The average molecular weight is 1270 g/mol. The van der Waals surface area contributed by atoms with Crippen molar-refractivity contribution in [3.05, 3.63) is 179 Å². The van der Waals surface area contributed by atoms with Crippen LogP contribution >= 0.6 is 0 Å². The number of carbonyl (C=O) groups is 9. The van der Waals surface area contributed by atoms with Crippen molar-refractivity contribution in [2.45, 2.75) is 97.1 Å². The molecule has 92 heavy (non-hydrogen) atoms. The van der Waals surface area contributed by atoms with Crippen LogP contribution in [0.4, 0.5) is 0 Å². The molecular weight excluding hydrogens is 1190 g/mol. The third-order valence-electron chi connectivity index (χ3n) is 13.7. The summed E-state index contributed by atoms with van der Waals surface area (Å²) in [5.74, 6) is -7.47. The Labute approximate surface area is 531 Å². The van der Waals surface area contributed by atoms with E-state index in [-0.39, 0.29) is 117 Å². The number of carbonyl (C=O) groups excluding carboxylic acids is 9. The SMILES string of the molecule is CO[C@H]1O[C@H](COC(c2ccccc2)(c2ccccc2)c2ccccc2)[C@H](OCCCNC(=O)c2cccc(OC(C)=O)c2OC(C)=O)[C@H](OCCCNC(=O)c2cccc(OC(C)=O)c2OC(C)=O)[C@H]1OCCCNC(=O)c1cccc(OC(C)=O)c1OC(C)=O. The van der Waals surface area contributed by atoms with Gasteiger partial charge in [-0.05, 0) is 72.4 Å². The molecule has 3 amide bonds. The van der Waals surface area contributed by atoms with Gasteiger partial charge >= 0.3 is 35.8 Å². The van der Waals surface area contributed by atoms with Crippen LogP contribution in [-0.2, 0) is 62.8 Å². The summed E-state index contributed by atoms with van der Waals surface area (Å²) in [5, 5.41) is 8.41. The van der Waals surface area contributed by atoms with Gasteiger partial charge in [-0.25, -0.2) is 0 Å². The van der Waals surface area contributed by atoms with E-state index in [0.717, 1.165) is 58.2 Å². The van der Waals surface area contributed by atoms with Gasteiger partial charge in [-0.3, -0.25) is 43.2 Å². The van der Waals surface area contributed by atoms with Crippen molar-refractivity contribution in [1.82, 2.24) is 16.0 Å². The summed E-state index contributed by atoms with van der Waals surface area (Å²) in [7, 11) is 1.43. The predicted molar refractivity (Wildman–Crippen MR) is 328 cm³/mol. The van der Waals surface area contributed by atoms with Crippen molar-refractivity contribution < 1.29 is 100.0 Å². The van der Waals surface area contributed by atoms with Crippen molar-refractivity contribution >= 4 is 53.5 Å². The van der Waals surface area contributed by atoms with Crippen LogP contribution in [0.25, 0.3) is 0 Å². The molecule has 486 valence electrons. The van der Waals surface area contributed by atoms with Crippen LogP contribution in [0.1, 0.15) is 109 Å². The molecule has 0 bridgehead atoms. The number of hydrogen-bond donors (Lipinski definition) is 3. The lowest BCUT2D eigenvalue weighted by atomic mass is 9.80. The number of methoxy groups -OCH3 is 1. The largest absolute Gasteiger partial charge is 0.423 e. The Bertz CT molecular complexity index is 3430. The Morgan fingerprint density at radius 3 is 1.02 bits per heavy atom. The highest BCUT2D eigenvalue weighted by atomic mass is 16.7. The lowest BCUT2D eigenvalue weighted by Crippen LogP contribution is -2.62. The minimum Gasteiger partial charge on any atom is -0.423 e. The van der Waals surface area contributed by atoms with Crippen LogP contribution in [0.5, 0.6) is 34.5 Å². The fourth-order valence-corrected chi connectivity index (χ4v) is 10.0. The molecule has 3 N–H and O–H groups in total. The van der Waals surface area contributed by atoms with Crippen molar-refractivity contribution in [2.24, 2.45) is 0 Å². The predicted octanol–water partition coefficient (Wildman–Crippen LogP) is 7.53. The Hall–Kier alpha value is -9.69. The highest BCUT2D eigenvalue weighted by Gasteiger charge is 2.50. The number of ether oxygens (including phenoxy) is 12. The third-order valence-corrected chi connectivity index (χ3v) is 13.7. The molecule has 1 saturated heterocycles. The molecule has 1 heterocycles. The molecule has 24 heteroatoms. The molecular formula is C68H73N3O21. The summed E-state index contributed by atoms with van der Waals surface area (Å²) < 4.78 is 72.2. The van der Waals surface area contributed by atoms with Crippen LogP contribution in [0, 0.1) is 0 Å². The molecule has 6 aromatic rings. The van der Waals surface area contributed by atoms with Crippen molar-refractivity contribution in [3.63, 3.8) is 0 Å². The van der Waals surface area contributed by atoms with Gasteiger partial charge in [0.1, 0.15) is 30.0 Å². The monoisotopic (exact) mass is 1270 g/mol. The maximum Gasteiger partial charge on any atom is 0.308 e. The fourth-order valence-electron chi connectivity index (χ4n) is 10.0. The quantitative estimate of drug-likeness (QED) is 0.0164. The van der Waals surface area contributed by atoms with Gasteiger partial charge in [0.25, 0.3) is 17.7 Å². The van der Waals surface area contributed by atoms with E-state index in [2.05, 4.69) is 16.0 Å². The van der Waals surface area contributed by atoms with E-state index in [1.165, 1.54) is 61.7 Å². The Balaban J connectivity index is 1.19. The van der Waals surface area contributed by atoms with Gasteiger partial charge in [-0.15, -0.1) is 0 Å². The highest BCUT2D eigenvalue weighted by molar-refractivity contribution is 6.00. The molecule has 7 rings (SSSR count). The summed E-state index contributed by atoms with van der Waals surface area (Å²) in [6.45, 7) is 6.64. The van der Waals surface area contributed by atoms with Gasteiger partial charge in [-0.1, -0.05) is 109 Å². The number of para-hydroxylation sites is 3. The maximum atomic E-state index is 13.8. The molecule has 24 nitrogen and oxygen atoms in total. The number of benzene rings is 6. The van der Waals surface area contributed by atoms with E-state index < -0.39 is 89.8 Å². The number of nitrogens with one attached hydrogen (secondary N) is 3. The molecule has 1 aliphatic heterocycles. The third kappa shape index (κ3) is 19.2. The summed E-state index contributed by atoms with van der Waals surface area (Å²) in [6, 6.07) is 41.8. The highest BCUT2D eigenvalue weighted by Crippen LogP contribution is 2.42. The zero-order valence-corrected chi connectivity index (χ0v) is 51.9. The van der Waals surface area contributed by atoms with Crippen molar-refractivity contribution in [3.8, 4) is 34.5 Å². The van der Waals surface area contributed by atoms with E-state index in [0.29, 0.717) is 0 Å². The van der Waals surface area contributed by atoms with Gasteiger partial charge in [0.15, 0.2) is 40.8 Å². The molecule has 0 spiro atoms. The molecule has 0 unspecified atom stereocenters. The first-order chi connectivity index (χ1) is 44.3. The van der Waals surface area contributed by atoms with E-state index in [9.17, 15) is 43.2 Å². The smallest absolute Gasteiger partial charge is 0.308 e. The molecule has 1 fully saturated rings. The van der Waals surface area contributed by atoms with Crippen LogP contribution in [0.3, 0.4) is 0 Å². The zero-order chi connectivity index (χ0) is 66.2. The second-order valence-corrected chi connectivity index (χ2v) is 20.7. The van der Waals surface area contributed by atoms with Gasteiger partial charge in [0, 0.05) is 88.1 Å². The van der Waals surface area contributed by atoms with Gasteiger partial charge in [0.05, 0.1) is 23.3 Å². The molecule has 5 atom stereocenters. The standard InChI is InChI=1S/C68H73N3O21/c1-42(72)86-54-32-17-29-51(58(54)89-45(4)75)64(78)69-35-20-38-82-61-57(41-85-68(48-23-11-8-12-24-48,49-25-13-9-14-26-49)50-27-15-10-16-28-50)92-67(81-7)63(84-40-22-37-71-66(80)53-31-19-34-56(88-44(3)74)60(53)91-47(6)77)62(61)83-39-21-36-70-65(79)52-30-18-33-55(87-43(2)73)59(52)90-46(5)76/h8-19,23-34,57,61-63,67H,20-22,35-41H2,1-7H3,(H,69,78)(H,70,79)(H,71,80)/t57-,61+,62+,63-,67+/m1/s1. The second-order valence-electron chi connectivity index (χ2n) is 20.7. The van der Waals surface area contributed by atoms with E-state index in [1.54, 1.807) is 0 Å². The Kier molecular flexibility index (Phi) is 26.2. The molecule has 1 aliphatic rings. The molecule has 0 saturated carbocycles. The summed E-state index contributed by atoms with van der Waals surface area (Å²) in [5.41, 5.74) is 0.897. The first kappa shape index (κ1) is 69.8. The topological polar surface area (TPSA) is 300 Å². The number of amides is 3. The summed E-state index contributed by atoms with van der Waals surface area (Å²) >= 11 is 0. The van der Waals surface area contributed by atoms with E-state index >= 15 is 0 Å². The summed E-state index contributed by atoms with van der Waals surface area (Å²) in [6.07, 6.45) is -4.85. The zero-order valence-electron chi connectivity index (χ0n) is 51.9. The van der Waals surface area contributed by atoms with E-state index in [1.807, 2.05) is 91.0 Å². The first-order valence-electron chi connectivity index (χ1n) is 29.5. The molecule has 0 aliphatic carbocycles.